The molecule has 168 valence electrons. The number of rotatable bonds is 5. The van der Waals surface area contributed by atoms with Gasteiger partial charge in [0.25, 0.3) is 0 Å². The highest BCUT2D eigenvalue weighted by Crippen LogP contribution is 2.53. The summed E-state index contributed by atoms with van der Waals surface area (Å²) >= 11 is 2.00. The molecular weight excluding hydrogens is 424 g/mol. The van der Waals surface area contributed by atoms with E-state index in [-0.39, 0.29) is 5.41 Å². The Kier molecular flexibility index (Phi) is 5.79. The minimum absolute atomic E-state index is 0.0149. The van der Waals surface area contributed by atoms with Gasteiger partial charge < -0.3 is 4.74 Å². The Labute approximate surface area is 198 Å². The van der Waals surface area contributed by atoms with Crippen molar-refractivity contribution < 1.29 is 4.74 Å². The minimum atomic E-state index is -2.01. The number of ether oxygens (including phenoxy) is 1. The highest BCUT2D eigenvalue weighted by atomic mass is 32.1. The van der Waals surface area contributed by atoms with Crippen molar-refractivity contribution in [3.8, 4) is 5.75 Å². The lowest BCUT2D eigenvalue weighted by Gasteiger charge is -2.35. The summed E-state index contributed by atoms with van der Waals surface area (Å²) in [5, 5.41) is 2.85. The molecule has 3 heteroatoms. The number of allylic oxidation sites excluding steroid dienone is 2. The van der Waals surface area contributed by atoms with Crippen LogP contribution in [0.3, 0.4) is 0 Å². The molecule has 4 rings (SSSR count). The summed E-state index contributed by atoms with van der Waals surface area (Å²) < 4.78 is 7.86. The molecule has 0 spiro atoms. The third kappa shape index (κ3) is 3.60. The first kappa shape index (κ1) is 23.1. The topological polar surface area (TPSA) is 9.23 Å². The van der Waals surface area contributed by atoms with E-state index < -0.39 is 8.07 Å². The van der Waals surface area contributed by atoms with Crippen molar-refractivity contribution in [1.82, 2.24) is 0 Å². The summed E-state index contributed by atoms with van der Waals surface area (Å²) in [6, 6.07) is 13.6. The lowest BCUT2D eigenvalue weighted by molar-refractivity contribution is 0.353. The van der Waals surface area contributed by atoms with Crippen molar-refractivity contribution >= 4 is 40.3 Å². The van der Waals surface area contributed by atoms with Gasteiger partial charge in [-0.05, 0) is 54.1 Å². The Hall–Kier alpha value is -2.10. The maximum absolute atomic E-state index is 6.46. The zero-order valence-electron chi connectivity index (χ0n) is 20.8. The van der Waals surface area contributed by atoms with Gasteiger partial charge in [-0.3, -0.25) is 0 Å². The van der Waals surface area contributed by atoms with E-state index in [1.807, 2.05) is 17.4 Å². The van der Waals surface area contributed by atoms with E-state index in [9.17, 15) is 0 Å². The van der Waals surface area contributed by atoms with E-state index >= 15 is 0 Å². The van der Waals surface area contributed by atoms with E-state index in [2.05, 4.69) is 97.6 Å². The molecule has 0 N–H and O–H groups in total. The maximum atomic E-state index is 6.46. The van der Waals surface area contributed by atoms with Crippen molar-refractivity contribution in [3.63, 3.8) is 0 Å². The largest absolute Gasteiger partial charge is 0.489 e. The molecule has 1 aromatic heterocycles. The Morgan fingerprint density at radius 1 is 1.09 bits per heavy atom. The minimum Gasteiger partial charge on any atom is -0.489 e. The van der Waals surface area contributed by atoms with Gasteiger partial charge in [0.1, 0.15) is 12.4 Å². The van der Waals surface area contributed by atoms with Gasteiger partial charge in [0, 0.05) is 20.5 Å². The zero-order chi connectivity index (χ0) is 23.4. The van der Waals surface area contributed by atoms with Crippen LogP contribution in [0.4, 0.5) is 0 Å². The second-order valence-corrected chi connectivity index (χ2v) is 16.5. The van der Waals surface area contributed by atoms with E-state index in [4.69, 9.17) is 4.74 Å². The van der Waals surface area contributed by atoms with Crippen LogP contribution in [-0.2, 0) is 5.41 Å². The van der Waals surface area contributed by atoms with Crippen molar-refractivity contribution in [2.24, 2.45) is 0 Å². The van der Waals surface area contributed by atoms with Gasteiger partial charge in [-0.2, -0.15) is 0 Å². The molecule has 0 saturated heterocycles. The average molecular weight is 461 g/mol. The molecule has 1 aliphatic rings. The Balaban J connectivity index is 1.97. The monoisotopic (exact) mass is 460 g/mol. The Morgan fingerprint density at radius 2 is 1.78 bits per heavy atom. The third-order valence-corrected chi connectivity index (χ3v) is 12.5. The van der Waals surface area contributed by atoms with Crippen molar-refractivity contribution in [2.45, 2.75) is 65.6 Å². The van der Waals surface area contributed by atoms with Gasteiger partial charge in [-0.15, -0.1) is 11.3 Å². The Bertz CT molecular complexity index is 1240. The summed E-state index contributed by atoms with van der Waals surface area (Å²) in [4.78, 5) is 1.56. The Morgan fingerprint density at radius 3 is 2.44 bits per heavy atom. The fourth-order valence-electron chi connectivity index (χ4n) is 5.40. The van der Waals surface area contributed by atoms with Crippen LogP contribution in [0.25, 0.3) is 15.7 Å². The summed E-state index contributed by atoms with van der Waals surface area (Å²) in [6.45, 7) is 23.3. The predicted molar refractivity (Wildman–Crippen MR) is 146 cm³/mol. The first-order valence-electron chi connectivity index (χ1n) is 11.6. The molecule has 1 unspecified atom stereocenters. The highest BCUT2D eigenvalue weighted by molar-refractivity contribution is 7.20. The molecule has 1 aliphatic carbocycles. The molecule has 0 radical (unpaired) electrons. The molecule has 2 aromatic carbocycles. The maximum Gasteiger partial charge on any atom is 0.122 e. The number of benzene rings is 2. The van der Waals surface area contributed by atoms with Gasteiger partial charge in [-0.1, -0.05) is 88.0 Å². The fraction of sp³-hybridized carbons (Fsp3) is 0.379. The first-order chi connectivity index (χ1) is 15.0. The quantitative estimate of drug-likeness (QED) is 0.276. The van der Waals surface area contributed by atoms with Crippen LogP contribution < -0.4 is 9.92 Å². The van der Waals surface area contributed by atoms with Gasteiger partial charge in [0.2, 0.25) is 0 Å². The van der Waals surface area contributed by atoms with Gasteiger partial charge in [0.05, 0.1) is 8.07 Å². The van der Waals surface area contributed by atoms with Crippen LogP contribution in [0.1, 0.15) is 61.7 Å². The first-order valence-corrected chi connectivity index (χ1v) is 15.5. The number of hydrogen-bond donors (Lipinski definition) is 0. The zero-order valence-corrected chi connectivity index (χ0v) is 22.7. The standard InChI is InChI=1S/C29H36OSSi/c1-10-15-30-26-22(29(5,6)7)16-18(2)17-24(26)32(8,9)28-20(4)19(3)25-21-13-11-12-14-23(21)31-27(25)28/h10-14,16-17,28H,1,15H2,2-9H3. The molecule has 3 aromatic rings. The summed E-state index contributed by atoms with van der Waals surface area (Å²) in [7, 11) is -2.01. The number of thiophene rings is 1. The van der Waals surface area contributed by atoms with Crippen LogP contribution >= 0.6 is 11.3 Å². The summed E-state index contributed by atoms with van der Waals surface area (Å²) in [5.41, 5.74) is 7.62. The van der Waals surface area contributed by atoms with Gasteiger partial charge in [0.15, 0.2) is 0 Å². The van der Waals surface area contributed by atoms with E-state index in [0.29, 0.717) is 12.1 Å². The third-order valence-electron chi connectivity index (χ3n) is 7.09. The van der Waals surface area contributed by atoms with Gasteiger partial charge >= 0.3 is 0 Å². The molecule has 0 fully saturated rings. The van der Waals surface area contributed by atoms with Crippen LogP contribution in [0.2, 0.25) is 13.1 Å². The lowest BCUT2D eigenvalue weighted by Crippen LogP contribution is -2.49. The van der Waals surface area contributed by atoms with Crippen molar-refractivity contribution in [3.05, 3.63) is 76.2 Å². The number of fused-ring (bicyclic) bond motifs is 3. The predicted octanol–water partition coefficient (Wildman–Crippen LogP) is 8.12. The molecule has 1 nitrogen and oxygen atoms in total. The summed E-state index contributed by atoms with van der Waals surface area (Å²) in [6.07, 6.45) is 1.86. The molecular formula is C29H36OSSi. The van der Waals surface area contributed by atoms with Gasteiger partial charge in [-0.25, -0.2) is 0 Å². The molecule has 1 heterocycles. The molecule has 32 heavy (non-hydrogen) atoms. The second-order valence-electron chi connectivity index (χ2n) is 10.8. The fourth-order valence-corrected chi connectivity index (χ4v) is 11.6. The van der Waals surface area contributed by atoms with Crippen LogP contribution in [0.5, 0.6) is 5.75 Å². The lowest BCUT2D eigenvalue weighted by atomic mass is 9.85. The average Bonchev–Trinajstić information content (AvgIpc) is 3.20. The smallest absolute Gasteiger partial charge is 0.122 e. The van der Waals surface area contributed by atoms with E-state index in [0.717, 1.165) is 5.75 Å². The van der Waals surface area contributed by atoms with Crippen LogP contribution in [0, 0.1) is 6.92 Å². The van der Waals surface area contributed by atoms with Crippen molar-refractivity contribution in [1.29, 1.82) is 0 Å². The highest BCUT2D eigenvalue weighted by Gasteiger charge is 2.45. The SMILES string of the molecule is C=CCOc1c(C(C)(C)C)cc(C)cc1[Si](C)(C)C1C(C)=C(C)c2c1sc1ccccc21. The second kappa shape index (κ2) is 8.04. The molecule has 0 bridgehead atoms. The van der Waals surface area contributed by atoms with Crippen LogP contribution in [0.15, 0.2) is 54.6 Å². The number of aryl methyl sites for hydroxylation is 1. The van der Waals surface area contributed by atoms with Crippen LogP contribution in [-0.4, -0.2) is 14.7 Å². The molecule has 0 saturated carbocycles. The molecule has 0 amide bonds. The number of hydrogen-bond acceptors (Lipinski definition) is 2. The van der Waals surface area contributed by atoms with E-state index in [1.165, 1.54) is 37.5 Å². The normalized spacial score (nSPS) is 16.6. The van der Waals surface area contributed by atoms with E-state index in [1.54, 1.807) is 10.5 Å². The molecule has 1 atom stereocenters. The summed E-state index contributed by atoms with van der Waals surface area (Å²) in [5.74, 6) is 1.10. The molecule has 0 aliphatic heterocycles. The van der Waals surface area contributed by atoms with Crippen molar-refractivity contribution in [2.75, 3.05) is 6.61 Å².